The number of piperidine rings is 1. The van der Waals surface area contributed by atoms with E-state index in [1.54, 1.807) is 20.8 Å². The van der Waals surface area contributed by atoms with Gasteiger partial charge >= 0.3 is 5.97 Å². The van der Waals surface area contributed by atoms with Crippen LogP contribution >= 0.6 is 22.9 Å². The fourth-order valence-corrected chi connectivity index (χ4v) is 4.51. The molecule has 2 aromatic rings. The molecular weight excluding hydrogens is 442 g/mol. The monoisotopic (exact) mass is 469 g/mol. The van der Waals surface area contributed by atoms with Crippen LogP contribution < -0.4 is 10.2 Å². The van der Waals surface area contributed by atoms with Crippen LogP contribution in [0.3, 0.4) is 0 Å². The lowest BCUT2D eigenvalue weighted by Gasteiger charge is -2.38. The second-order valence-corrected chi connectivity index (χ2v) is 8.69. The quantitative estimate of drug-likeness (QED) is 0.571. The lowest BCUT2D eigenvalue weighted by molar-refractivity contribution is 0.0204. The van der Waals surface area contributed by atoms with Gasteiger partial charge in [-0.2, -0.15) is 0 Å². The van der Waals surface area contributed by atoms with Gasteiger partial charge in [0.25, 0.3) is 5.91 Å². The Balaban J connectivity index is 1.71. The first-order valence-electron chi connectivity index (χ1n) is 10.4. The summed E-state index contributed by atoms with van der Waals surface area (Å²) in [6.45, 7) is 9.52. The topological polar surface area (TPSA) is 109 Å². The molecule has 1 fully saturated rings. The van der Waals surface area contributed by atoms with E-state index in [1.165, 1.54) is 11.3 Å². The summed E-state index contributed by atoms with van der Waals surface area (Å²) in [7, 11) is 0. The average molecular weight is 470 g/mol. The van der Waals surface area contributed by atoms with Crippen molar-refractivity contribution in [3.63, 3.8) is 0 Å². The minimum Gasteiger partial charge on any atom is -0.462 e. The number of halogens is 1. The van der Waals surface area contributed by atoms with Crippen LogP contribution in [0.25, 0.3) is 0 Å². The van der Waals surface area contributed by atoms with E-state index in [2.05, 4.69) is 25.2 Å². The van der Waals surface area contributed by atoms with Gasteiger partial charge in [-0.05, 0) is 33.6 Å². The number of aromatic amines is 1. The number of imidazole rings is 1. The maximum atomic E-state index is 12.6. The summed E-state index contributed by atoms with van der Waals surface area (Å²) in [5.74, 6) is -0.473. The van der Waals surface area contributed by atoms with Crippen molar-refractivity contribution < 1.29 is 19.1 Å². The molecule has 1 aliphatic rings. The first-order valence-corrected chi connectivity index (χ1v) is 11.6. The van der Waals surface area contributed by atoms with Gasteiger partial charge in [-0.1, -0.05) is 29.9 Å². The van der Waals surface area contributed by atoms with E-state index in [0.717, 1.165) is 11.6 Å². The van der Waals surface area contributed by atoms with Crippen LogP contribution in [0.2, 0.25) is 5.15 Å². The number of amides is 1. The average Bonchev–Trinajstić information content (AvgIpc) is 3.29. The van der Waals surface area contributed by atoms with Gasteiger partial charge < -0.3 is 24.7 Å². The molecule has 1 aliphatic heterocycles. The highest BCUT2D eigenvalue weighted by atomic mass is 35.5. The third-order valence-electron chi connectivity index (χ3n) is 4.97. The standard InChI is InChI=1S/C20H28ClN5O4S/c1-5-9-30-14-10-26(20-23-11(3)15(31-20)19(28)29-6-2)8-7-13(14)24-18(27)17-22-12(4)16(21)25-17/h13-14H,5-10H2,1-4H3,(H,22,25)(H,24,27). The Morgan fingerprint density at radius 3 is 2.74 bits per heavy atom. The summed E-state index contributed by atoms with van der Waals surface area (Å²) in [6, 6.07) is -0.176. The van der Waals surface area contributed by atoms with Crippen LogP contribution in [0.4, 0.5) is 5.13 Å². The number of hydrogen-bond acceptors (Lipinski definition) is 8. The molecule has 31 heavy (non-hydrogen) atoms. The molecule has 11 heteroatoms. The number of nitrogens with zero attached hydrogens (tertiary/aromatic N) is 3. The molecule has 1 saturated heterocycles. The van der Waals surface area contributed by atoms with Crippen LogP contribution in [0, 0.1) is 13.8 Å². The van der Waals surface area contributed by atoms with Crippen molar-refractivity contribution in [3.8, 4) is 0 Å². The molecule has 2 aromatic heterocycles. The number of rotatable bonds is 8. The van der Waals surface area contributed by atoms with E-state index < -0.39 is 0 Å². The highest BCUT2D eigenvalue weighted by molar-refractivity contribution is 7.17. The van der Waals surface area contributed by atoms with Crippen molar-refractivity contribution in [1.82, 2.24) is 20.3 Å². The predicted octanol–water partition coefficient (Wildman–Crippen LogP) is 3.12. The predicted molar refractivity (Wildman–Crippen MR) is 119 cm³/mol. The Labute approximate surface area is 190 Å². The van der Waals surface area contributed by atoms with E-state index >= 15 is 0 Å². The van der Waals surface area contributed by atoms with E-state index in [9.17, 15) is 9.59 Å². The van der Waals surface area contributed by atoms with Crippen LogP contribution in [-0.4, -0.2) is 65.3 Å². The highest BCUT2D eigenvalue weighted by Crippen LogP contribution is 2.30. The Hall–Kier alpha value is -2.17. The molecule has 0 radical (unpaired) electrons. The molecule has 2 unspecified atom stereocenters. The Morgan fingerprint density at radius 2 is 2.10 bits per heavy atom. The fourth-order valence-electron chi connectivity index (χ4n) is 3.38. The van der Waals surface area contributed by atoms with Gasteiger partial charge in [-0.25, -0.2) is 14.8 Å². The number of aryl methyl sites for hydroxylation is 2. The normalized spacial score (nSPS) is 18.8. The van der Waals surface area contributed by atoms with Gasteiger partial charge in [0.2, 0.25) is 0 Å². The molecule has 0 saturated carbocycles. The highest BCUT2D eigenvalue weighted by Gasteiger charge is 2.33. The molecule has 2 N–H and O–H groups in total. The summed E-state index contributed by atoms with van der Waals surface area (Å²) in [4.78, 5) is 38.9. The SMILES string of the molecule is CCCOC1CN(c2nc(C)c(C(=O)OCC)s2)CCC1NC(=O)c1nc(Cl)c(C)[nH]1. The third-order valence-corrected chi connectivity index (χ3v) is 6.53. The van der Waals surface area contributed by atoms with E-state index in [1.807, 2.05) is 6.92 Å². The number of ether oxygens (including phenoxy) is 2. The summed E-state index contributed by atoms with van der Waals surface area (Å²) in [5.41, 5.74) is 1.31. The molecule has 9 nitrogen and oxygen atoms in total. The molecule has 3 rings (SSSR count). The van der Waals surface area contributed by atoms with Crippen molar-refractivity contribution in [2.75, 3.05) is 31.2 Å². The molecule has 0 aliphatic carbocycles. The molecule has 3 heterocycles. The molecule has 0 spiro atoms. The molecule has 2 atom stereocenters. The fraction of sp³-hybridized carbons (Fsp3) is 0.600. The van der Waals surface area contributed by atoms with Crippen molar-refractivity contribution in [2.45, 2.75) is 52.7 Å². The third kappa shape index (κ3) is 5.55. The maximum Gasteiger partial charge on any atom is 0.350 e. The van der Waals surface area contributed by atoms with Gasteiger partial charge in [0.05, 0.1) is 30.1 Å². The number of anilines is 1. The van der Waals surface area contributed by atoms with Gasteiger partial charge in [0, 0.05) is 19.7 Å². The van der Waals surface area contributed by atoms with Crippen molar-refractivity contribution in [2.24, 2.45) is 0 Å². The zero-order valence-electron chi connectivity index (χ0n) is 18.2. The van der Waals surface area contributed by atoms with Gasteiger partial charge in [-0.15, -0.1) is 0 Å². The number of carbonyl (C=O) groups is 2. The zero-order chi connectivity index (χ0) is 22.5. The number of H-pyrrole nitrogens is 1. The number of esters is 1. The number of hydrogen-bond donors (Lipinski definition) is 2. The second kappa shape index (κ2) is 10.4. The molecule has 0 bridgehead atoms. The van der Waals surface area contributed by atoms with Crippen molar-refractivity contribution in [1.29, 1.82) is 0 Å². The number of aromatic nitrogens is 3. The number of nitrogens with one attached hydrogen (secondary N) is 2. The molecule has 0 aromatic carbocycles. The number of thiazole rings is 1. The summed E-state index contributed by atoms with van der Waals surface area (Å²) < 4.78 is 11.2. The van der Waals surface area contributed by atoms with Crippen LogP contribution in [0.15, 0.2) is 0 Å². The maximum absolute atomic E-state index is 12.6. The molecule has 170 valence electrons. The molecule has 1 amide bonds. The van der Waals surface area contributed by atoms with E-state index in [0.29, 0.717) is 49.0 Å². The second-order valence-electron chi connectivity index (χ2n) is 7.36. The van der Waals surface area contributed by atoms with E-state index in [-0.39, 0.29) is 35.0 Å². The van der Waals surface area contributed by atoms with Crippen LogP contribution in [0.5, 0.6) is 0 Å². The van der Waals surface area contributed by atoms with Crippen LogP contribution in [-0.2, 0) is 9.47 Å². The minimum absolute atomic E-state index is 0.176. The summed E-state index contributed by atoms with van der Waals surface area (Å²) >= 11 is 7.29. The smallest absolute Gasteiger partial charge is 0.350 e. The Kier molecular flexibility index (Phi) is 7.90. The zero-order valence-corrected chi connectivity index (χ0v) is 19.7. The molecular formula is C20H28ClN5O4S. The Morgan fingerprint density at radius 1 is 1.32 bits per heavy atom. The Bertz CT molecular complexity index is 911. The van der Waals surface area contributed by atoms with Gasteiger partial charge in [0.1, 0.15) is 4.88 Å². The first kappa shape index (κ1) is 23.5. The summed E-state index contributed by atoms with van der Waals surface area (Å²) in [5, 5.41) is 4.07. The van der Waals surface area contributed by atoms with Crippen molar-refractivity contribution >= 4 is 39.9 Å². The van der Waals surface area contributed by atoms with Gasteiger partial charge in [-0.3, -0.25) is 4.79 Å². The van der Waals surface area contributed by atoms with Gasteiger partial charge in [0.15, 0.2) is 16.1 Å². The number of carbonyl (C=O) groups excluding carboxylic acids is 2. The van der Waals surface area contributed by atoms with E-state index in [4.69, 9.17) is 21.1 Å². The summed E-state index contributed by atoms with van der Waals surface area (Å²) in [6.07, 6.45) is 1.31. The lowest BCUT2D eigenvalue weighted by Crippen LogP contribution is -2.55. The first-order chi connectivity index (χ1) is 14.8. The van der Waals surface area contributed by atoms with Crippen molar-refractivity contribution in [3.05, 3.63) is 27.2 Å². The van der Waals surface area contributed by atoms with Crippen LogP contribution in [0.1, 0.15) is 58.4 Å². The minimum atomic E-state index is -0.350. The lowest BCUT2D eigenvalue weighted by atomic mass is 10.0. The largest absolute Gasteiger partial charge is 0.462 e.